The topological polar surface area (TPSA) is 107 Å². The Hall–Kier alpha value is -1.47. The molecule has 0 amide bonds. The summed E-state index contributed by atoms with van der Waals surface area (Å²) in [5.74, 6) is -2.22. The third-order valence-corrected chi connectivity index (χ3v) is 1.03. The molecule has 0 bridgehead atoms. The standard InChI is InChI=1S/C7H11NO6/c1-4(9)13-6(11)3-8-7(12)14-5(2)10/h7-8,12H,3H2,1-2H3/p+1. The van der Waals surface area contributed by atoms with E-state index < -0.39 is 24.3 Å². The summed E-state index contributed by atoms with van der Waals surface area (Å²) in [5.41, 5.74) is 0. The fraction of sp³-hybridized carbons (Fsp3) is 0.571. The molecule has 1 atom stereocenters. The predicted octanol–water partition coefficient (Wildman–Crippen LogP) is -2.52. The van der Waals surface area contributed by atoms with Crippen LogP contribution in [0.4, 0.5) is 0 Å². The van der Waals surface area contributed by atoms with Crippen LogP contribution in [-0.4, -0.2) is 36.0 Å². The second-order valence-corrected chi connectivity index (χ2v) is 2.41. The Balaban J connectivity index is 3.66. The van der Waals surface area contributed by atoms with Gasteiger partial charge in [-0.05, 0) is 0 Å². The molecule has 14 heavy (non-hydrogen) atoms. The molecule has 0 heterocycles. The summed E-state index contributed by atoms with van der Waals surface area (Å²) in [6, 6.07) is 0. The monoisotopic (exact) mass is 206 g/mol. The van der Waals surface area contributed by atoms with E-state index in [1.54, 1.807) is 0 Å². The average Bonchev–Trinajstić information content (AvgIpc) is 1.98. The van der Waals surface area contributed by atoms with E-state index >= 15 is 0 Å². The largest absolute Gasteiger partial charge is 0.389 e. The molecule has 0 aromatic heterocycles. The van der Waals surface area contributed by atoms with Crippen molar-refractivity contribution in [1.29, 1.82) is 0 Å². The number of hydrogen-bond donors (Lipinski definition) is 2. The highest BCUT2D eigenvalue weighted by Gasteiger charge is 2.14. The van der Waals surface area contributed by atoms with Crippen LogP contribution < -0.4 is 5.32 Å². The maximum atomic E-state index is 10.7. The third-order valence-electron chi connectivity index (χ3n) is 1.03. The molecule has 0 aliphatic carbocycles. The van der Waals surface area contributed by atoms with Crippen LogP contribution in [0.25, 0.3) is 0 Å². The van der Waals surface area contributed by atoms with E-state index in [1.807, 2.05) is 0 Å². The molecule has 0 aliphatic rings. The van der Waals surface area contributed by atoms with Crippen molar-refractivity contribution in [3.8, 4) is 0 Å². The van der Waals surface area contributed by atoms with Gasteiger partial charge in [0.1, 0.15) is 0 Å². The Kier molecular flexibility index (Phi) is 5.42. The van der Waals surface area contributed by atoms with Crippen molar-refractivity contribution in [3.63, 3.8) is 0 Å². The number of aliphatic hydroxyl groups excluding tert-OH is 1. The second-order valence-electron chi connectivity index (χ2n) is 2.41. The average molecular weight is 206 g/mol. The Bertz CT molecular complexity index is 238. The molecular formula is C7H12NO6+. The molecule has 0 radical (unpaired) electrons. The Morgan fingerprint density at radius 1 is 1.29 bits per heavy atom. The van der Waals surface area contributed by atoms with Gasteiger partial charge in [-0.1, -0.05) is 0 Å². The molecule has 0 saturated heterocycles. The molecule has 7 heteroatoms. The normalized spacial score (nSPS) is 11.6. The van der Waals surface area contributed by atoms with Gasteiger partial charge < -0.3 is 14.6 Å². The zero-order chi connectivity index (χ0) is 11.1. The van der Waals surface area contributed by atoms with Gasteiger partial charge in [0.25, 0.3) is 0 Å². The highest BCUT2D eigenvalue weighted by Crippen LogP contribution is 1.77. The molecule has 1 unspecified atom stereocenters. The number of hydrogen-bond acceptors (Lipinski definition) is 6. The quantitative estimate of drug-likeness (QED) is 0.298. The molecule has 0 aromatic carbocycles. The first-order valence-electron chi connectivity index (χ1n) is 3.81. The number of ether oxygens (including phenoxy) is 2. The maximum Gasteiger partial charge on any atom is 0.369 e. The highest BCUT2D eigenvalue weighted by molar-refractivity contribution is 5.84. The molecule has 0 saturated carbocycles. The van der Waals surface area contributed by atoms with E-state index in [-0.39, 0.29) is 6.54 Å². The molecule has 0 aromatic rings. The van der Waals surface area contributed by atoms with E-state index in [1.165, 1.54) is 0 Å². The lowest BCUT2D eigenvalue weighted by Crippen LogP contribution is -2.92. The lowest BCUT2D eigenvalue weighted by Gasteiger charge is -2.07. The van der Waals surface area contributed by atoms with Crippen LogP contribution in [0.5, 0.6) is 0 Å². The second kappa shape index (κ2) is 6.06. The Labute approximate surface area is 80.0 Å². The SMILES string of the molecule is CC(=O)OC(=O)C[NH2+]C(O)OC(C)=O. The zero-order valence-electron chi connectivity index (χ0n) is 7.85. The summed E-state index contributed by atoms with van der Waals surface area (Å²) < 4.78 is 8.42. The minimum absolute atomic E-state index is 0.311. The van der Waals surface area contributed by atoms with Gasteiger partial charge in [0, 0.05) is 13.8 Å². The van der Waals surface area contributed by atoms with E-state index in [4.69, 9.17) is 5.11 Å². The first-order valence-corrected chi connectivity index (χ1v) is 3.81. The van der Waals surface area contributed by atoms with Crippen molar-refractivity contribution in [2.75, 3.05) is 6.54 Å². The lowest BCUT2D eigenvalue weighted by molar-refractivity contribution is -0.751. The number of nitrogens with two attached hydrogens (primary N) is 1. The first-order chi connectivity index (χ1) is 6.41. The summed E-state index contributed by atoms with van der Waals surface area (Å²) >= 11 is 0. The smallest absolute Gasteiger partial charge is 0.369 e. The third kappa shape index (κ3) is 7.19. The number of rotatable bonds is 4. The van der Waals surface area contributed by atoms with Crippen LogP contribution >= 0.6 is 0 Å². The summed E-state index contributed by atoms with van der Waals surface area (Å²) in [5, 5.41) is 9.92. The van der Waals surface area contributed by atoms with E-state index in [9.17, 15) is 14.4 Å². The molecule has 0 aliphatic heterocycles. The zero-order valence-corrected chi connectivity index (χ0v) is 7.85. The minimum Gasteiger partial charge on any atom is -0.389 e. The molecule has 7 nitrogen and oxygen atoms in total. The molecular weight excluding hydrogens is 194 g/mol. The predicted molar refractivity (Wildman–Crippen MR) is 41.3 cm³/mol. The number of carbonyl (C=O) groups excluding carboxylic acids is 3. The van der Waals surface area contributed by atoms with Gasteiger partial charge in [0.2, 0.25) is 0 Å². The molecule has 3 N–H and O–H groups in total. The van der Waals surface area contributed by atoms with Crippen LogP contribution in [0.3, 0.4) is 0 Å². The molecule has 80 valence electrons. The van der Waals surface area contributed by atoms with Gasteiger partial charge in [-0.15, -0.1) is 0 Å². The fourth-order valence-corrected chi connectivity index (χ4v) is 0.617. The Morgan fingerprint density at radius 2 is 1.86 bits per heavy atom. The molecule has 0 spiro atoms. The highest BCUT2D eigenvalue weighted by atomic mass is 16.7. The van der Waals surface area contributed by atoms with Crippen LogP contribution in [0, 0.1) is 0 Å². The van der Waals surface area contributed by atoms with Crippen LogP contribution in [0.2, 0.25) is 0 Å². The van der Waals surface area contributed by atoms with Crippen LogP contribution in [0.15, 0.2) is 0 Å². The molecule has 0 fully saturated rings. The van der Waals surface area contributed by atoms with Gasteiger partial charge in [0.15, 0.2) is 6.54 Å². The van der Waals surface area contributed by atoms with Crippen molar-refractivity contribution in [2.24, 2.45) is 0 Å². The Morgan fingerprint density at radius 3 is 2.29 bits per heavy atom. The van der Waals surface area contributed by atoms with Crippen LogP contribution in [0.1, 0.15) is 13.8 Å². The number of quaternary nitrogens is 1. The van der Waals surface area contributed by atoms with Crippen molar-refractivity contribution in [1.82, 2.24) is 0 Å². The summed E-state index contributed by atoms with van der Waals surface area (Å²) in [4.78, 5) is 31.3. The number of aliphatic hydroxyl groups is 1. The van der Waals surface area contributed by atoms with Crippen molar-refractivity contribution >= 4 is 17.9 Å². The van der Waals surface area contributed by atoms with Crippen LogP contribution in [-0.2, 0) is 23.9 Å². The van der Waals surface area contributed by atoms with Gasteiger partial charge >= 0.3 is 24.3 Å². The van der Waals surface area contributed by atoms with Gasteiger partial charge in [0.05, 0.1) is 0 Å². The maximum absolute atomic E-state index is 10.7. The van der Waals surface area contributed by atoms with Crippen molar-refractivity contribution in [2.45, 2.75) is 20.3 Å². The minimum atomic E-state index is -1.47. The summed E-state index contributed by atoms with van der Waals surface area (Å²) in [6.07, 6.45) is -1.47. The lowest BCUT2D eigenvalue weighted by atomic mass is 10.6. The summed E-state index contributed by atoms with van der Waals surface area (Å²) in [7, 11) is 0. The van der Waals surface area contributed by atoms with E-state index in [0.717, 1.165) is 19.2 Å². The fourth-order valence-electron chi connectivity index (χ4n) is 0.617. The summed E-state index contributed by atoms with van der Waals surface area (Å²) in [6.45, 7) is 1.89. The van der Waals surface area contributed by atoms with E-state index in [0.29, 0.717) is 0 Å². The van der Waals surface area contributed by atoms with Gasteiger partial charge in [-0.25, -0.2) is 4.79 Å². The van der Waals surface area contributed by atoms with E-state index in [2.05, 4.69) is 9.47 Å². The first kappa shape index (κ1) is 12.5. The molecule has 0 rings (SSSR count). The van der Waals surface area contributed by atoms with Gasteiger partial charge in [-0.2, -0.15) is 0 Å². The van der Waals surface area contributed by atoms with Crippen molar-refractivity contribution < 1.29 is 34.3 Å². The van der Waals surface area contributed by atoms with Crippen molar-refractivity contribution in [3.05, 3.63) is 0 Å². The number of carbonyl (C=O) groups is 3. The number of esters is 3. The van der Waals surface area contributed by atoms with Gasteiger partial charge in [-0.3, -0.25) is 14.9 Å².